The highest BCUT2D eigenvalue weighted by atomic mass is 127. The van der Waals surface area contributed by atoms with Gasteiger partial charge < -0.3 is 10.0 Å². The van der Waals surface area contributed by atoms with E-state index in [9.17, 15) is 14.7 Å². The molecule has 1 aromatic rings. The second-order valence-electron chi connectivity index (χ2n) is 4.03. The van der Waals surface area contributed by atoms with Crippen LogP contribution in [0.5, 0.6) is 0 Å². The second kappa shape index (κ2) is 4.64. The van der Waals surface area contributed by atoms with Gasteiger partial charge in [0, 0.05) is 13.0 Å². The largest absolute Gasteiger partial charge is 0.479 e. The van der Waals surface area contributed by atoms with Crippen LogP contribution in [0.2, 0.25) is 0 Å². The second-order valence-corrected chi connectivity index (χ2v) is 5.81. The van der Waals surface area contributed by atoms with E-state index in [-0.39, 0.29) is 5.91 Å². The van der Waals surface area contributed by atoms with E-state index >= 15 is 0 Å². The van der Waals surface area contributed by atoms with Gasteiger partial charge in [0.2, 0.25) is 5.91 Å². The molecule has 1 aliphatic rings. The Morgan fingerprint density at radius 1 is 1.41 bits per heavy atom. The normalized spacial score (nSPS) is 24.1. The van der Waals surface area contributed by atoms with Gasteiger partial charge in [-0.1, -0.05) is 30.3 Å². The van der Waals surface area contributed by atoms with Crippen LogP contribution in [0.4, 0.5) is 0 Å². The van der Waals surface area contributed by atoms with Crippen molar-refractivity contribution in [1.29, 1.82) is 0 Å². The fourth-order valence-corrected chi connectivity index (χ4v) is 2.65. The zero-order valence-corrected chi connectivity index (χ0v) is 11.3. The van der Waals surface area contributed by atoms with E-state index in [1.807, 2.05) is 52.9 Å². The molecule has 1 unspecified atom stereocenters. The average Bonchev–Trinajstić information content (AvgIpc) is 2.60. The first-order valence-corrected chi connectivity index (χ1v) is 6.38. The van der Waals surface area contributed by atoms with Crippen molar-refractivity contribution in [3.8, 4) is 0 Å². The third-order valence-electron chi connectivity index (χ3n) is 2.91. The first-order chi connectivity index (χ1) is 8.04. The number of carboxylic acids is 1. The standard InChI is InChI=1S/C12H12INO3/c13-12(11(16)17)7-6-10(15)14(12)8-9-4-2-1-3-5-9/h1-5H,6-8H2,(H,16,17). The third-order valence-corrected chi connectivity index (χ3v) is 4.49. The number of carboxylic acid groups (broad SMARTS) is 1. The minimum atomic E-state index is -1.09. The summed E-state index contributed by atoms with van der Waals surface area (Å²) in [5.41, 5.74) is 0.949. The molecule has 5 heteroatoms. The number of hydrogen-bond acceptors (Lipinski definition) is 2. The number of likely N-dealkylation sites (tertiary alicyclic amines) is 1. The zero-order valence-electron chi connectivity index (χ0n) is 9.10. The number of benzene rings is 1. The van der Waals surface area contributed by atoms with Gasteiger partial charge in [0.15, 0.2) is 3.55 Å². The molecule has 17 heavy (non-hydrogen) atoms. The van der Waals surface area contributed by atoms with E-state index in [0.29, 0.717) is 19.4 Å². The molecule has 1 fully saturated rings. The highest BCUT2D eigenvalue weighted by Gasteiger charge is 2.49. The number of hydrogen-bond donors (Lipinski definition) is 1. The Balaban J connectivity index is 2.24. The van der Waals surface area contributed by atoms with Crippen LogP contribution in [-0.4, -0.2) is 25.4 Å². The molecule has 1 amide bonds. The van der Waals surface area contributed by atoms with E-state index in [0.717, 1.165) is 5.56 Å². The van der Waals surface area contributed by atoms with E-state index in [1.54, 1.807) is 0 Å². The molecule has 1 N–H and O–H groups in total. The fourth-order valence-electron chi connectivity index (χ4n) is 1.94. The van der Waals surface area contributed by atoms with Crippen molar-refractivity contribution in [3.63, 3.8) is 0 Å². The summed E-state index contributed by atoms with van der Waals surface area (Å²) in [6, 6.07) is 9.44. The summed E-state index contributed by atoms with van der Waals surface area (Å²) in [5.74, 6) is -1.04. The highest BCUT2D eigenvalue weighted by Crippen LogP contribution is 2.37. The molecule has 1 heterocycles. The highest BCUT2D eigenvalue weighted by molar-refractivity contribution is 14.1. The molecule has 1 atom stereocenters. The minimum absolute atomic E-state index is 0.0920. The number of carbonyl (C=O) groups excluding carboxylic acids is 1. The number of rotatable bonds is 3. The van der Waals surface area contributed by atoms with Gasteiger partial charge in [-0.25, -0.2) is 4.79 Å². The van der Waals surface area contributed by atoms with Crippen LogP contribution >= 0.6 is 22.6 Å². The van der Waals surface area contributed by atoms with Crippen LogP contribution in [0.25, 0.3) is 0 Å². The molecule has 0 aromatic heterocycles. The molecule has 1 saturated heterocycles. The van der Waals surface area contributed by atoms with Gasteiger partial charge in [-0.05, 0) is 34.6 Å². The van der Waals surface area contributed by atoms with Gasteiger partial charge in [-0.2, -0.15) is 0 Å². The Hall–Kier alpha value is -1.11. The third kappa shape index (κ3) is 2.29. The van der Waals surface area contributed by atoms with E-state index in [4.69, 9.17) is 0 Å². The summed E-state index contributed by atoms with van der Waals surface area (Å²) in [4.78, 5) is 24.5. The lowest BCUT2D eigenvalue weighted by atomic mass is 10.2. The zero-order chi connectivity index (χ0) is 12.5. The van der Waals surface area contributed by atoms with Crippen molar-refractivity contribution in [2.75, 3.05) is 0 Å². The van der Waals surface area contributed by atoms with Gasteiger partial charge in [0.1, 0.15) is 0 Å². The Bertz CT molecular complexity index is 448. The SMILES string of the molecule is O=C1CCC(I)(C(=O)O)N1Cc1ccccc1. The van der Waals surface area contributed by atoms with E-state index in [1.165, 1.54) is 4.90 Å². The Morgan fingerprint density at radius 2 is 2.06 bits per heavy atom. The predicted molar refractivity (Wildman–Crippen MR) is 70.6 cm³/mol. The summed E-state index contributed by atoms with van der Waals surface area (Å²) in [6.45, 7) is 0.356. The molecule has 90 valence electrons. The molecule has 0 saturated carbocycles. The Labute approximate surface area is 113 Å². The molecule has 1 aliphatic heterocycles. The first-order valence-electron chi connectivity index (χ1n) is 5.31. The van der Waals surface area contributed by atoms with Crippen LogP contribution in [-0.2, 0) is 16.1 Å². The lowest BCUT2D eigenvalue weighted by Crippen LogP contribution is -2.46. The van der Waals surface area contributed by atoms with Gasteiger partial charge >= 0.3 is 5.97 Å². The smallest absolute Gasteiger partial charge is 0.340 e. The summed E-state index contributed by atoms with van der Waals surface area (Å²) in [5, 5.41) is 9.24. The molecular formula is C12H12INO3. The van der Waals surface area contributed by atoms with Gasteiger partial charge in [-0.15, -0.1) is 0 Å². The molecule has 0 spiro atoms. The maximum absolute atomic E-state index is 11.8. The topological polar surface area (TPSA) is 57.6 Å². The van der Waals surface area contributed by atoms with E-state index in [2.05, 4.69) is 0 Å². The van der Waals surface area contributed by atoms with Crippen LogP contribution in [0.15, 0.2) is 30.3 Å². The molecule has 1 aromatic carbocycles. The minimum Gasteiger partial charge on any atom is -0.479 e. The van der Waals surface area contributed by atoms with Crippen molar-refractivity contribution >= 4 is 34.5 Å². The summed E-state index contributed by atoms with van der Waals surface area (Å²) in [7, 11) is 0. The molecule has 4 nitrogen and oxygen atoms in total. The number of aliphatic carboxylic acids is 1. The molecular weight excluding hydrogens is 333 g/mol. The molecule has 0 radical (unpaired) electrons. The number of amides is 1. The lowest BCUT2D eigenvalue weighted by molar-refractivity contribution is -0.147. The van der Waals surface area contributed by atoms with Crippen molar-refractivity contribution in [3.05, 3.63) is 35.9 Å². The van der Waals surface area contributed by atoms with Crippen molar-refractivity contribution in [1.82, 2.24) is 4.90 Å². The maximum atomic E-state index is 11.8. The van der Waals surface area contributed by atoms with Crippen molar-refractivity contribution in [2.24, 2.45) is 0 Å². The summed E-state index contributed by atoms with van der Waals surface area (Å²) < 4.78 is -1.09. The Kier molecular flexibility index (Phi) is 3.37. The molecule has 0 bridgehead atoms. The quantitative estimate of drug-likeness (QED) is 0.518. The van der Waals surface area contributed by atoms with Crippen LogP contribution in [0.3, 0.4) is 0 Å². The van der Waals surface area contributed by atoms with Gasteiger partial charge in [-0.3, -0.25) is 4.79 Å². The van der Waals surface area contributed by atoms with Crippen LogP contribution < -0.4 is 0 Å². The number of carbonyl (C=O) groups is 2. The summed E-state index contributed by atoms with van der Waals surface area (Å²) >= 11 is 1.86. The number of nitrogens with zero attached hydrogens (tertiary/aromatic N) is 1. The van der Waals surface area contributed by atoms with Crippen molar-refractivity contribution < 1.29 is 14.7 Å². The van der Waals surface area contributed by atoms with E-state index < -0.39 is 9.51 Å². The first kappa shape index (κ1) is 12.3. The number of halogens is 1. The lowest BCUT2D eigenvalue weighted by Gasteiger charge is -2.29. The average molecular weight is 345 g/mol. The van der Waals surface area contributed by atoms with Gasteiger partial charge in [0.05, 0.1) is 0 Å². The monoisotopic (exact) mass is 345 g/mol. The maximum Gasteiger partial charge on any atom is 0.340 e. The van der Waals surface area contributed by atoms with Crippen LogP contribution in [0, 0.1) is 0 Å². The molecule has 2 rings (SSSR count). The summed E-state index contributed by atoms with van der Waals surface area (Å²) in [6.07, 6.45) is 0.677. The van der Waals surface area contributed by atoms with Crippen LogP contribution in [0.1, 0.15) is 18.4 Å². The van der Waals surface area contributed by atoms with Crippen molar-refractivity contribution in [2.45, 2.75) is 22.9 Å². The number of alkyl halides is 1. The molecule has 0 aliphatic carbocycles. The van der Waals surface area contributed by atoms with Gasteiger partial charge in [0.25, 0.3) is 0 Å². The Morgan fingerprint density at radius 3 is 2.65 bits per heavy atom. The fraction of sp³-hybridized carbons (Fsp3) is 0.333. The predicted octanol–water partition coefficient (Wildman–Crippen LogP) is 2.02.